The van der Waals surface area contributed by atoms with E-state index < -0.39 is 5.60 Å². The van der Waals surface area contributed by atoms with Crippen LogP contribution in [0.5, 0.6) is 0 Å². The number of carbonyl (C=O) groups excluding carboxylic acids is 1. The van der Waals surface area contributed by atoms with Gasteiger partial charge < -0.3 is 10.1 Å². The van der Waals surface area contributed by atoms with Gasteiger partial charge in [0, 0.05) is 19.2 Å². The Kier molecular flexibility index (Phi) is 7.18. The Bertz CT molecular complexity index is 693. The molecule has 0 radical (unpaired) electrons. The first-order valence-corrected chi connectivity index (χ1v) is 12.5. The molecule has 3 fully saturated rings. The Labute approximate surface area is 183 Å². The third-order valence-electron chi connectivity index (χ3n) is 8.56. The minimum atomic E-state index is -0.404. The van der Waals surface area contributed by atoms with Gasteiger partial charge in [0.2, 0.25) is 5.91 Å². The predicted molar refractivity (Wildman–Crippen MR) is 123 cm³/mol. The number of rotatable bonds is 7. The molecule has 4 aliphatic carbocycles. The second kappa shape index (κ2) is 9.85. The molecule has 6 atom stereocenters. The molecule has 0 saturated heterocycles. The lowest BCUT2D eigenvalue weighted by Gasteiger charge is -2.36. The monoisotopic (exact) mass is 411 g/mol. The summed E-state index contributed by atoms with van der Waals surface area (Å²) < 4.78 is 5.48. The average molecular weight is 412 g/mol. The molecule has 1 N–H and O–H groups in total. The van der Waals surface area contributed by atoms with Crippen molar-refractivity contribution >= 4 is 5.91 Å². The van der Waals surface area contributed by atoms with Crippen LogP contribution < -0.4 is 5.32 Å². The molecule has 1 amide bonds. The Hall–Kier alpha value is -1.35. The molecule has 4 aliphatic rings. The minimum Gasteiger partial charge on any atom is -0.370 e. The Balaban J connectivity index is 1.14. The van der Waals surface area contributed by atoms with E-state index in [2.05, 4.69) is 5.32 Å². The molecule has 0 aliphatic heterocycles. The van der Waals surface area contributed by atoms with Crippen LogP contribution in [0.3, 0.4) is 0 Å². The second-order valence-electron chi connectivity index (χ2n) is 10.5. The van der Waals surface area contributed by atoms with E-state index in [0.29, 0.717) is 6.42 Å². The summed E-state index contributed by atoms with van der Waals surface area (Å²) in [5, 5.41) is 3.05. The number of nitrogens with one attached hydrogen (secondary N) is 1. The van der Waals surface area contributed by atoms with E-state index in [-0.39, 0.29) is 5.91 Å². The van der Waals surface area contributed by atoms with Gasteiger partial charge in [-0.1, -0.05) is 44.6 Å². The van der Waals surface area contributed by atoms with Crippen molar-refractivity contribution in [1.82, 2.24) is 5.32 Å². The third-order valence-corrected chi connectivity index (χ3v) is 8.56. The number of methoxy groups -OCH3 is 1. The number of hydrogen-bond acceptors (Lipinski definition) is 2. The van der Waals surface area contributed by atoms with E-state index in [9.17, 15) is 4.79 Å². The van der Waals surface area contributed by atoms with Gasteiger partial charge >= 0.3 is 0 Å². The summed E-state index contributed by atoms with van der Waals surface area (Å²) in [6.07, 6.45) is 25.9. The van der Waals surface area contributed by atoms with Gasteiger partial charge in [-0.05, 0) is 92.9 Å². The maximum absolute atomic E-state index is 12.4. The summed E-state index contributed by atoms with van der Waals surface area (Å²) in [6, 6.07) is 0. The second-order valence-corrected chi connectivity index (χ2v) is 10.5. The minimum absolute atomic E-state index is 0.129. The number of allylic oxidation sites excluding steroid dienone is 3. The van der Waals surface area contributed by atoms with Crippen molar-refractivity contribution in [3.8, 4) is 0 Å². The molecule has 4 rings (SSSR count). The Morgan fingerprint density at radius 1 is 1.07 bits per heavy atom. The van der Waals surface area contributed by atoms with Crippen molar-refractivity contribution in [3.05, 3.63) is 36.1 Å². The maximum Gasteiger partial charge on any atom is 0.224 e. The highest BCUT2D eigenvalue weighted by Crippen LogP contribution is 2.55. The summed E-state index contributed by atoms with van der Waals surface area (Å²) in [5.74, 6) is 5.28. The van der Waals surface area contributed by atoms with Crippen molar-refractivity contribution < 1.29 is 9.53 Å². The van der Waals surface area contributed by atoms with Crippen LogP contribution in [0.25, 0.3) is 0 Å². The largest absolute Gasteiger partial charge is 0.370 e. The van der Waals surface area contributed by atoms with Crippen LogP contribution >= 0.6 is 0 Å². The van der Waals surface area contributed by atoms with Crippen molar-refractivity contribution in [3.63, 3.8) is 0 Å². The van der Waals surface area contributed by atoms with Gasteiger partial charge in [0.15, 0.2) is 0 Å². The number of carbonyl (C=O) groups is 1. The SMILES string of the molecule is COC1(C)C=CC=C(NC(=O)CCCCC2CCC3C(C2)CC2CCCCC23)C=C1. The summed E-state index contributed by atoms with van der Waals surface area (Å²) in [4.78, 5) is 12.4. The molecule has 6 unspecified atom stereocenters. The molecule has 3 nitrogen and oxygen atoms in total. The third kappa shape index (κ3) is 5.28. The quantitative estimate of drug-likeness (QED) is 0.498. The molecular formula is C27H41NO2. The van der Waals surface area contributed by atoms with Crippen molar-refractivity contribution in [1.29, 1.82) is 0 Å². The van der Waals surface area contributed by atoms with Crippen molar-refractivity contribution in [2.75, 3.05) is 7.11 Å². The molecule has 0 spiro atoms. The summed E-state index contributed by atoms with van der Waals surface area (Å²) >= 11 is 0. The zero-order valence-electron chi connectivity index (χ0n) is 19.1. The first-order valence-electron chi connectivity index (χ1n) is 12.5. The molecule has 0 aromatic heterocycles. The van der Waals surface area contributed by atoms with E-state index in [4.69, 9.17) is 4.74 Å². The number of amides is 1. The van der Waals surface area contributed by atoms with Gasteiger partial charge in [-0.15, -0.1) is 0 Å². The molecule has 0 aromatic carbocycles. The lowest BCUT2D eigenvalue weighted by Crippen LogP contribution is -2.26. The first kappa shape index (κ1) is 21.9. The molecule has 30 heavy (non-hydrogen) atoms. The van der Waals surface area contributed by atoms with Gasteiger partial charge in [0.25, 0.3) is 0 Å². The molecule has 0 aromatic rings. The topological polar surface area (TPSA) is 38.3 Å². The number of unbranched alkanes of at least 4 members (excludes halogenated alkanes) is 1. The van der Waals surface area contributed by atoms with Gasteiger partial charge in [-0.3, -0.25) is 4.79 Å². The number of fused-ring (bicyclic) bond motifs is 3. The smallest absolute Gasteiger partial charge is 0.224 e. The van der Waals surface area contributed by atoms with Gasteiger partial charge in [0.05, 0.1) is 0 Å². The standard InChI is InChI=1S/C27H41NO2/c1-27(30-2)16-7-10-23(15-17-27)28-26(29)12-6-3-8-20-13-14-25-22(18-20)19-21-9-4-5-11-24(21)25/h7,10,15-17,20-22,24-25H,3-6,8-9,11-14,18-19H2,1-2H3,(H,28,29). The zero-order chi connectivity index (χ0) is 21.0. The summed E-state index contributed by atoms with van der Waals surface area (Å²) in [6.45, 7) is 2.01. The Morgan fingerprint density at radius 3 is 2.77 bits per heavy atom. The highest BCUT2D eigenvalue weighted by atomic mass is 16.5. The van der Waals surface area contributed by atoms with E-state index >= 15 is 0 Å². The van der Waals surface area contributed by atoms with Crippen LogP contribution in [0.15, 0.2) is 36.1 Å². The molecule has 3 heteroatoms. The van der Waals surface area contributed by atoms with E-state index in [1.807, 2.05) is 37.3 Å². The number of hydrogen-bond donors (Lipinski definition) is 1. The lowest BCUT2D eigenvalue weighted by molar-refractivity contribution is -0.120. The van der Waals surface area contributed by atoms with Crippen LogP contribution in [-0.4, -0.2) is 18.6 Å². The summed E-state index contributed by atoms with van der Waals surface area (Å²) in [5.41, 5.74) is 0.442. The maximum atomic E-state index is 12.4. The van der Waals surface area contributed by atoms with Crippen LogP contribution in [0.1, 0.15) is 84.0 Å². The van der Waals surface area contributed by atoms with Crippen LogP contribution in [-0.2, 0) is 9.53 Å². The van der Waals surface area contributed by atoms with Gasteiger partial charge in [-0.25, -0.2) is 0 Å². The van der Waals surface area contributed by atoms with E-state index in [1.54, 1.807) is 7.11 Å². The lowest BCUT2D eigenvalue weighted by atomic mass is 9.70. The fraction of sp³-hybridized carbons (Fsp3) is 0.741. The molecule has 0 heterocycles. The number of ether oxygens (including phenoxy) is 1. The highest BCUT2D eigenvalue weighted by molar-refractivity contribution is 5.78. The molecule has 3 saturated carbocycles. The molecular weight excluding hydrogens is 370 g/mol. The van der Waals surface area contributed by atoms with Crippen LogP contribution in [0, 0.1) is 29.6 Å². The van der Waals surface area contributed by atoms with Gasteiger partial charge in [-0.2, -0.15) is 0 Å². The van der Waals surface area contributed by atoms with Crippen LogP contribution in [0.4, 0.5) is 0 Å². The predicted octanol–water partition coefficient (Wildman–Crippen LogP) is 6.32. The molecule has 166 valence electrons. The van der Waals surface area contributed by atoms with E-state index in [0.717, 1.165) is 41.7 Å². The fourth-order valence-electron chi connectivity index (χ4n) is 6.83. The zero-order valence-corrected chi connectivity index (χ0v) is 19.1. The van der Waals surface area contributed by atoms with Crippen molar-refractivity contribution in [2.45, 2.75) is 89.6 Å². The molecule has 0 bridgehead atoms. The van der Waals surface area contributed by atoms with Crippen LogP contribution in [0.2, 0.25) is 0 Å². The summed E-state index contributed by atoms with van der Waals surface area (Å²) in [7, 11) is 1.70. The Morgan fingerprint density at radius 2 is 1.90 bits per heavy atom. The fourth-order valence-corrected chi connectivity index (χ4v) is 6.83. The van der Waals surface area contributed by atoms with Gasteiger partial charge in [0.1, 0.15) is 5.60 Å². The van der Waals surface area contributed by atoms with Crippen molar-refractivity contribution in [2.24, 2.45) is 29.6 Å². The van der Waals surface area contributed by atoms with E-state index in [1.165, 1.54) is 64.2 Å². The first-order chi connectivity index (χ1) is 14.6. The normalized spacial score (nSPS) is 37.8. The highest BCUT2D eigenvalue weighted by Gasteiger charge is 2.45. The average Bonchev–Trinajstić information content (AvgIpc) is 3.02.